The molecule has 0 spiro atoms. The van der Waals surface area contributed by atoms with Crippen LogP contribution in [0.5, 0.6) is 0 Å². The van der Waals surface area contributed by atoms with E-state index in [1.54, 1.807) is 10.9 Å². The molecule has 3 amide bonds. The predicted octanol–water partition coefficient (Wildman–Crippen LogP) is 2.83. The maximum Gasteiger partial charge on any atom is 0.319 e. The summed E-state index contributed by atoms with van der Waals surface area (Å²) < 4.78 is 1.73. The molecule has 28 heavy (non-hydrogen) atoms. The van der Waals surface area contributed by atoms with Crippen molar-refractivity contribution in [3.8, 4) is 0 Å². The first-order valence-corrected chi connectivity index (χ1v) is 10.1. The van der Waals surface area contributed by atoms with Crippen LogP contribution in [0.4, 0.5) is 10.5 Å². The number of anilines is 1. The maximum absolute atomic E-state index is 12.5. The van der Waals surface area contributed by atoms with Crippen LogP contribution in [0.25, 0.3) is 11.0 Å². The van der Waals surface area contributed by atoms with E-state index in [1.165, 1.54) is 0 Å². The highest BCUT2D eigenvalue weighted by atomic mass is 16.2. The Hall–Kier alpha value is -2.64. The van der Waals surface area contributed by atoms with Gasteiger partial charge in [0.05, 0.1) is 17.6 Å². The van der Waals surface area contributed by atoms with Crippen LogP contribution in [0, 0.1) is 12.8 Å². The van der Waals surface area contributed by atoms with Crippen molar-refractivity contribution in [2.24, 2.45) is 13.0 Å². The van der Waals surface area contributed by atoms with Crippen LogP contribution in [0.2, 0.25) is 0 Å². The number of carbonyl (C=O) groups is 2. The van der Waals surface area contributed by atoms with Crippen LogP contribution in [0.1, 0.15) is 45.2 Å². The number of nitrogens with zero attached hydrogens (tertiary/aromatic N) is 4. The molecule has 0 aliphatic carbocycles. The fourth-order valence-corrected chi connectivity index (χ4v) is 3.87. The molecule has 0 bridgehead atoms. The Kier molecular flexibility index (Phi) is 6.16. The second kappa shape index (κ2) is 8.58. The number of nitrogens with one attached hydrogen (secondary N) is 2. The van der Waals surface area contributed by atoms with Crippen molar-refractivity contribution in [1.82, 2.24) is 25.0 Å². The first-order chi connectivity index (χ1) is 13.4. The molecule has 8 heteroatoms. The summed E-state index contributed by atoms with van der Waals surface area (Å²) in [4.78, 5) is 31.2. The van der Waals surface area contributed by atoms with Crippen molar-refractivity contribution < 1.29 is 9.59 Å². The average molecular weight is 387 g/mol. The van der Waals surface area contributed by atoms with E-state index in [-0.39, 0.29) is 23.9 Å². The monoisotopic (exact) mass is 386 g/mol. The summed E-state index contributed by atoms with van der Waals surface area (Å²) in [6.07, 6.45) is 4.95. The topological polar surface area (TPSA) is 92.2 Å². The predicted molar refractivity (Wildman–Crippen MR) is 109 cm³/mol. The first-order valence-electron chi connectivity index (χ1n) is 10.1. The molecule has 1 aliphatic rings. The number of urea groups is 1. The zero-order chi connectivity index (χ0) is 20.3. The molecule has 3 heterocycles. The zero-order valence-electron chi connectivity index (χ0n) is 17.2. The number of aryl methyl sites for hydroxylation is 2. The lowest BCUT2D eigenvalue weighted by Gasteiger charge is -2.34. The molecule has 0 atom stereocenters. The minimum Gasteiger partial charge on any atom is -0.342 e. The van der Waals surface area contributed by atoms with Gasteiger partial charge in [-0.3, -0.25) is 9.48 Å². The van der Waals surface area contributed by atoms with Gasteiger partial charge in [-0.15, -0.1) is 0 Å². The number of likely N-dealkylation sites (tertiary alicyclic amines) is 1. The largest absolute Gasteiger partial charge is 0.342 e. The SMILES string of the molecule is CCC(CC)C(=O)N1CCC(NC(=O)Nc2cnc3c(c2)c(C)nn3C)CC1. The zero-order valence-corrected chi connectivity index (χ0v) is 17.2. The molecule has 0 unspecified atom stereocenters. The number of carbonyl (C=O) groups excluding carboxylic acids is 2. The number of fused-ring (bicyclic) bond motifs is 1. The van der Waals surface area contributed by atoms with Gasteiger partial charge in [-0.25, -0.2) is 9.78 Å². The van der Waals surface area contributed by atoms with Crippen molar-refractivity contribution in [2.45, 2.75) is 52.5 Å². The van der Waals surface area contributed by atoms with Gasteiger partial charge in [-0.1, -0.05) is 13.8 Å². The molecular weight excluding hydrogens is 356 g/mol. The quantitative estimate of drug-likeness (QED) is 0.826. The highest BCUT2D eigenvalue weighted by Gasteiger charge is 2.27. The third-order valence-corrected chi connectivity index (χ3v) is 5.60. The molecule has 3 rings (SSSR count). The second-order valence-corrected chi connectivity index (χ2v) is 7.52. The second-order valence-electron chi connectivity index (χ2n) is 7.52. The minimum atomic E-state index is -0.243. The Labute approximate surface area is 165 Å². The van der Waals surface area contributed by atoms with E-state index >= 15 is 0 Å². The molecule has 0 aromatic carbocycles. The fourth-order valence-electron chi connectivity index (χ4n) is 3.87. The molecule has 2 aromatic rings. The van der Waals surface area contributed by atoms with Gasteiger partial charge < -0.3 is 15.5 Å². The molecular formula is C20H30N6O2. The molecule has 0 saturated carbocycles. The van der Waals surface area contributed by atoms with Gasteiger partial charge in [0.25, 0.3) is 0 Å². The third-order valence-electron chi connectivity index (χ3n) is 5.60. The van der Waals surface area contributed by atoms with E-state index in [9.17, 15) is 9.59 Å². The van der Waals surface area contributed by atoms with Crippen LogP contribution in [-0.2, 0) is 11.8 Å². The van der Waals surface area contributed by atoms with Crippen molar-refractivity contribution in [1.29, 1.82) is 0 Å². The lowest BCUT2D eigenvalue weighted by atomic mass is 9.98. The highest BCUT2D eigenvalue weighted by molar-refractivity contribution is 5.92. The molecule has 152 valence electrons. The van der Waals surface area contributed by atoms with Gasteiger partial charge in [0.15, 0.2) is 5.65 Å². The summed E-state index contributed by atoms with van der Waals surface area (Å²) in [5.41, 5.74) is 2.31. The molecule has 0 radical (unpaired) electrons. The van der Waals surface area contributed by atoms with Crippen LogP contribution in [-0.4, -0.2) is 50.7 Å². The Morgan fingerprint density at radius 3 is 2.57 bits per heavy atom. The number of hydrogen-bond acceptors (Lipinski definition) is 4. The summed E-state index contributed by atoms with van der Waals surface area (Å²) in [7, 11) is 1.85. The third kappa shape index (κ3) is 4.26. The van der Waals surface area contributed by atoms with Crippen molar-refractivity contribution in [2.75, 3.05) is 18.4 Å². The van der Waals surface area contributed by atoms with Gasteiger partial charge >= 0.3 is 6.03 Å². The molecule has 1 saturated heterocycles. The van der Waals surface area contributed by atoms with Gasteiger partial charge in [-0.2, -0.15) is 5.10 Å². The summed E-state index contributed by atoms with van der Waals surface area (Å²) in [6.45, 7) is 7.43. The standard InChI is InChI=1S/C20H30N6O2/c1-5-14(6-2)19(27)26-9-7-15(8-10-26)22-20(28)23-16-11-17-13(3)24-25(4)18(17)21-12-16/h11-12,14-15H,5-10H2,1-4H3,(H2,22,23,28). The van der Waals surface area contributed by atoms with E-state index in [2.05, 4.69) is 34.6 Å². The van der Waals surface area contributed by atoms with Gasteiger partial charge in [0, 0.05) is 37.5 Å². The smallest absolute Gasteiger partial charge is 0.319 e. The van der Waals surface area contributed by atoms with E-state index in [0.717, 1.165) is 42.4 Å². The Morgan fingerprint density at radius 1 is 1.25 bits per heavy atom. The highest BCUT2D eigenvalue weighted by Crippen LogP contribution is 2.20. The number of rotatable bonds is 5. The number of hydrogen-bond donors (Lipinski definition) is 2. The summed E-state index contributed by atoms with van der Waals surface area (Å²) in [6, 6.07) is 1.72. The van der Waals surface area contributed by atoms with Crippen molar-refractivity contribution >= 4 is 28.7 Å². The van der Waals surface area contributed by atoms with Crippen molar-refractivity contribution in [3.05, 3.63) is 18.0 Å². The van der Waals surface area contributed by atoms with E-state index < -0.39 is 0 Å². The van der Waals surface area contributed by atoms with Gasteiger partial charge in [0.2, 0.25) is 5.91 Å². The summed E-state index contributed by atoms with van der Waals surface area (Å²) >= 11 is 0. The van der Waals surface area contributed by atoms with E-state index in [4.69, 9.17) is 0 Å². The normalized spacial score (nSPS) is 15.2. The Morgan fingerprint density at radius 2 is 1.93 bits per heavy atom. The first kappa shape index (κ1) is 20.1. The van der Waals surface area contributed by atoms with Crippen LogP contribution >= 0.6 is 0 Å². The molecule has 1 fully saturated rings. The number of pyridine rings is 1. The van der Waals surface area contributed by atoms with Crippen LogP contribution < -0.4 is 10.6 Å². The van der Waals surface area contributed by atoms with E-state index in [0.29, 0.717) is 18.8 Å². The number of amides is 3. The molecule has 2 aromatic heterocycles. The Bertz CT molecular complexity index is 850. The minimum absolute atomic E-state index is 0.0718. The Balaban J connectivity index is 1.52. The van der Waals surface area contributed by atoms with Crippen LogP contribution in [0.3, 0.4) is 0 Å². The average Bonchev–Trinajstić information content (AvgIpc) is 2.96. The number of piperidine rings is 1. The molecule has 1 aliphatic heterocycles. The summed E-state index contributed by atoms with van der Waals surface area (Å²) in [5, 5.41) is 11.1. The van der Waals surface area contributed by atoms with Gasteiger partial charge in [0.1, 0.15) is 0 Å². The fraction of sp³-hybridized carbons (Fsp3) is 0.600. The lowest BCUT2D eigenvalue weighted by Crippen LogP contribution is -2.48. The number of aromatic nitrogens is 3. The van der Waals surface area contributed by atoms with E-state index in [1.807, 2.05) is 24.9 Å². The summed E-state index contributed by atoms with van der Waals surface area (Å²) in [5.74, 6) is 0.366. The van der Waals surface area contributed by atoms with Crippen LogP contribution in [0.15, 0.2) is 12.3 Å². The molecule has 8 nitrogen and oxygen atoms in total. The lowest BCUT2D eigenvalue weighted by molar-refractivity contribution is -0.136. The van der Waals surface area contributed by atoms with Crippen molar-refractivity contribution in [3.63, 3.8) is 0 Å². The maximum atomic E-state index is 12.5. The molecule has 2 N–H and O–H groups in total. The van der Waals surface area contributed by atoms with Gasteiger partial charge in [-0.05, 0) is 38.7 Å².